The van der Waals surface area contributed by atoms with E-state index in [0.717, 1.165) is 13.0 Å². The summed E-state index contributed by atoms with van der Waals surface area (Å²) in [4.78, 5) is 0. The fourth-order valence-corrected chi connectivity index (χ4v) is 1.94. The van der Waals surface area contributed by atoms with Crippen LogP contribution in [0, 0.1) is 6.58 Å². The van der Waals surface area contributed by atoms with Gasteiger partial charge in [-0.2, -0.15) is 0 Å². The van der Waals surface area contributed by atoms with Crippen LogP contribution in [-0.2, 0) is 4.74 Å². The van der Waals surface area contributed by atoms with Crippen LogP contribution in [0.15, 0.2) is 6.08 Å². The van der Waals surface area contributed by atoms with Gasteiger partial charge in [0.05, 0.1) is 6.10 Å². The molecule has 0 N–H and O–H groups in total. The molecule has 1 radical (unpaired) electrons. The molecule has 0 aromatic heterocycles. The lowest BCUT2D eigenvalue weighted by Crippen LogP contribution is -2.09. The van der Waals surface area contributed by atoms with E-state index in [-0.39, 0.29) is 0 Å². The molecule has 0 fully saturated rings. The van der Waals surface area contributed by atoms with E-state index in [2.05, 4.69) is 13.8 Å². The average molecular weight is 239 g/mol. The second-order valence-electron chi connectivity index (χ2n) is 4.97. The summed E-state index contributed by atoms with van der Waals surface area (Å²) in [5.41, 5.74) is 0. The van der Waals surface area contributed by atoms with Crippen LogP contribution >= 0.6 is 0 Å². The van der Waals surface area contributed by atoms with Crippen molar-refractivity contribution in [2.24, 2.45) is 0 Å². The van der Waals surface area contributed by atoms with Crippen molar-refractivity contribution in [3.63, 3.8) is 0 Å². The molecule has 17 heavy (non-hydrogen) atoms. The van der Waals surface area contributed by atoms with Gasteiger partial charge in [-0.3, -0.25) is 0 Å². The van der Waals surface area contributed by atoms with Gasteiger partial charge in [0.1, 0.15) is 0 Å². The van der Waals surface area contributed by atoms with Crippen molar-refractivity contribution in [3.05, 3.63) is 12.7 Å². The number of hydrogen-bond acceptors (Lipinski definition) is 1. The Balaban J connectivity index is 3.10. The highest BCUT2D eigenvalue weighted by Gasteiger charge is 2.01. The Bertz CT molecular complexity index is 154. The van der Waals surface area contributed by atoms with E-state index in [1.165, 1.54) is 57.8 Å². The smallest absolute Gasteiger partial charge is 0.0547 e. The lowest BCUT2D eigenvalue weighted by Gasteiger charge is -2.12. The second kappa shape index (κ2) is 13.8. The van der Waals surface area contributed by atoms with Crippen molar-refractivity contribution in [1.82, 2.24) is 0 Å². The van der Waals surface area contributed by atoms with Crippen LogP contribution in [0.1, 0.15) is 78.1 Å². The molecule has 0 aromatic rings. The molecular weight excluding hydrogens is 208 g/mol. The summed E-state index contributed by atoms with van der Waals surface area (Å²) < 4.78 is 5.77. The summed E-state index contributed by atoms with van der Waals surface area (Å²) in [6, 6.07) is 0. The first kappa shape index (κ1) is 16.7. The molecular formula is C16H31O. The Morgan fingerprint density at radius 1 is 1.00 bits per heavy atom. The fourth-order valence-electron chi connectivity index (χ4n) is 1.94. The Labute approximate surface area is 109 Å². The van der Waals surface area contributed by atoms with Crippen molar-refractivity contribution in [3.8, 4) is 0 Å². The first-order chi connectivity index (χ1) is 8.31. The summed E-state index contributed by atoms with van der Waals surface area (Å²) >= 11 is 0. The minimum absolute atomic E-state index is 0.448. The molecule has 0 aliphatic rings. The van der Waals surface area contributed by atoms with Gasteiger partial charge in [-0.05, 0) is 32.6 Å². The third kappa shape index (κ3) is 13.6. The number of hydrogen-bond donors (Lipinski definition) is 0. The van der Waals surface area contributed by atoms with E-state index in [4.69, 9.17) is 11.3 Å². The molecule has 0 saturated carbocycles. The van der Waals surface area contributed by atoms with Crippen LogP contribution in [-0.4, -0.2) is 12.7 Å². The van der Waals surface area contributed by atoms with Crippen molar-refractivity contribution < 1.29 is 4.74 Å². The van der Waals surface area contributed by atoms with Gasteiger partial charge >= 0.3 is 0 Å². The van der Waals surface area contributed by atoms with Crippen LogP contribution in [0.25, 0.3) is 0 Å². The van der Waals surface area contributed by atoms with Crippen molar-refractivity contribution in [2.45, 2.75) is 84.2 Å². The van der Waals surface area contributed by atoms with E-state index in [0.29, 0.717) is 6.10 Å². The fraction of sp³-hybridized carbons (Fsp3) is 0.875. The molecule has 0 aliphatic carbocycles. The van der Waals surface area contributed by atoms with Crippen LogP contribution in [0.2, 0.25) is 0 Å². The molecule has 0 bridgehead atoms. The summed E-state index contributed by atoms with van der Waals surface area (Å²) in [5.74, 6) is 0. The summed E-state index contributed by atoms with van der Waals surface area (Å²) in [7, 11) is 0. The van der Waals surface area contributed by atoms with Crippen molar-refractivity contribution >= 4 is 0 Å². The van der Waals surface area contributed by atoms with Gasteiger partial charge in [0.25, 0.3) is 0 Å². The molecule has 0 heterocycles. The first-order valence-electron chi connectivity index (χ1n) is 7.46. The maximum atomic E-state index is 5.77. The lowest BCUT2D eigenvalue weighted by molar-refractivity contribution is 0.0559. The number of unbranched alkanes of at least 4 members (excludes halogenated alkanes) is 7. The molecule has 101 valence electrons. The Kier molecular flexibility index (Phi) is 13.5. The zero-order valence-electron chi connectivity index (χ0n) is 11.9. The number of allylic oxidation sites excluding steroid dienone is 1. The van der Waals surface area contributed by atoms with Crippen LogP contribution in [0.3, 0.4) is 0 Å². The van der Waals surface area contributed by atoms with E-state index in [1.54, 1.807) is 6.08 Å². The molecule has 0 aliphatic heterocycles. The maximum absolute atomic E-state index is 5.77. The minimum Gasteiger partial charge on any atom is -0.379 e. The summed E-state index contributed by atoms with van der Waals surface area (Å²) in [5, 5.41) is 0. The molecule has 0 rings (SSSR count). The van der Waals surface area contributed by atoms with Gasteiger partial charge in [-0.25, -0.2) is 0 Å². The second-order valence-corrected chi connectivity index (χ2v) is 4.97. The zero-order valence-corrected chi connectivity index (χ0v) is 11.9. The molecule has 0 spiro atoms. The predicted octanol–water partition coefficient (Wildman–Crippen LogP) is 5.30. The monoisotopic (exact) mass is 239 g/mol. The lowest BCUT2D eigenvalue weighted by atomic mass is 10.1. The highest BCUT2D eigenvalue weighted by atomic mass is 16.5. The van der Waals surface area contributed by atoms with Crippen LogP contribution < -0.4 is 0 Å². The molecule has 0 aromatic carbocycles. The molecule has 1 unspecified atom stereocenters. The normalized spacial score (nSPS) is 12.6. The van der Waals surface area contributed by atoms with Gasteiger partial charge in [0.15, 0.2) is 0 Å². The van der Waals surface area contributed by atoms with E-state index >= 15 is 0 Å². The SMILES string of the molecule is [CH]=CCCCCCCCC(C)OCCCCC. The van der Waals surface area contributed by atoms with Gasteiger partial charge in [0, 0.05) is 6.61 Å². The Hall–Kier alpha value is -0.300. The molecule has 0 amide bonds. The standard InChI is InChI=1S/C16H31O/c1-4-6-8-9-10-11-12-14-16(3)17-15-13-7-5-2/h1,4,16H,5-15H2,2-3H3. The average Bonchev–Trinajstić information content (AvgIpc) is 2.33. The maximum Gasteiger partial charge on any atom is 0.0547 e. The summed E-state index contributed by atoms with van der Waals surface area (Å²) in [6.07, 6.45) is 14.9. The van der Waals surface area contributed by atoms with E-state index < -0.39 is 0 Å². The minimum atomic E-state index is 0.448. The van der Waals surface area contributed by atoms with E-state index in [1.807, 2.05) is 0 Å². The van der Waals surface area contributed by atoms with Crippen molar-refractivity contribution in [1.29, 1.82) is 0 Å². The zero-order chi connectivity index (χ0) is 12.8. The quantitative estimate of drug-likeness (QED) is 0.396. The Morgan fingerprint density at radius 2 is 1.71 bits per heavy atom. The topological polar surface area (TPSA) is 9.23 Å². The number of ether oxygens (including phenoxy) is 1. The largest absolute Gasteiger partial charge is 0.379 e. The van der Waals surface area contributed by atoms with Gasteiger partial charge in [-0.15, -0.1) is 0 Å². The molecule has 1 atom stereocenters. The third-order valence-electron chi connectivity index (χ3n) is 3.13. The van der Waals surface area contributed by atoms with Crippen LogP contribution in [0.5, 0.6) is 0 Å². The molecule has 0 saturated heterocycles. The number of rotatable bonds is 13. The van der Waals surface area contributed by atoms with Gasteiger partial charge in [0.2, 0.25) is 0 Å². The summed E-state index contributed by atoms with van der Waals surface area (Å²) in [6.45, 7) is 10.7. The Morgan fingerprint density at radius 3 is 2.41 bits per heavy atom. The van der Waals surface area contributed by atoms with Gasteiger partial charge < -0.3 is 4.74 Å². The first-order valence-corrected chi connectivity index (χ1v) is 7.46. The van der Waals surface area contributed by atoms with Crippen molar-refractivity contribution in [2.75, 3.05) is 6.61 Å². The predicted molar refractivity (Wildman–Crippen MR) is 76.1 cm³/mol. The molecule has 1 heteroatoms. The van der Waals surface area contributed by atoms with E-state index in [9.17, 15) is 0 Å². The van der Waals surface area contributed by atoms with Gasteiger partial charge in [-0.1, -0.05) is 58.1 Å². The molecule has 1 nitrogen and oxygen atoms in total. The van der Waals surface area contributed by atoms with Crippen LogP contribution in [0.4, 0.5) is 0 Å². The highest BCUT2D eigenvalue weighted by molar-refractivity contribution is 4.61. The third-order valence-corrected chi connectivity index (χ3v) is 3.13. The highest BCUT2D eigenvalue weighted by Crippen LogP contribution is 2.10.